The Hall–Kier alpha value is -8.41. The number of benzene rings is 7. The third kappa shape index (κ3) is 14.5. The lowest BCUT2D eigenvalue weighted by Gasteiger charge is -2.31. The minimum Gasteiger partial charge on any atom is -0.488 e. The smallest absolute Gasteiger partial charge is 0.343 e. The number of esters is 3. The highest BCUT2D eigenvalue weighted by Crippen LogP contribution is 2.32. The van der Waals surface area contributed by atoms with E-state index in [1.807, 2.05) is 67.6 Å². The van der Waals surface area contributed by atoms with Crippen LogP contribution in [0.25, 0.3) is 21.5 Å². The molecule has 0 aromatic heterocycles. The van der Waals surface area contributed by atoms with E-state index in [4.69, 9.17) is 33.2 Å². The molecule has 2 aliphatic rings. The highest BCUT2D eigenvalue weighted by atomic mass is 16.6. The average molecular weight is 1030 g/mol. The van der Waals surface area contributed by atoms with Crippen molar-refractivity contribution in [3.05, 3.63) is 204 Å². The fourth-order valence-corrected chi connectivity index (χ4v) is 9.46. The third-order valence-electron chi connectivity index (χ3n) is 13.6. The molecule has 4 atom stereocenters. The minimum absolute atomic E-state index is 0.0110. The molecule has 2 fully saturated rings. The van der Waals surface area contributed by atoms with Crippen molar-refractivity contribution in [2.45, 2.75) is 95.5 Å². The largest absolute Gasteiger partial charge is 0.488 e. The van der Waals surface area contributed by atoms with E-state index in [9.17, 15) is 14.4 Å². The zero-order chi connectivity index (χ0) is 53.3. The molecule has 77 heavy (non-hydrogen) atoms. The van der Waals surface area contributed by atoms with Gasteiger partial charge in [0.25, 0.3) is 0 Å². The van der Waals surface area contributed by atoms with Gasteiger partial charge in [-0.2, -0.15) is 0 Å². The van der Waals surface area contributed by atoms with Crippen molar-refractivity contribution in [1.82, 2.24) is 0 Å². The van der Waals surface area contributed by atoms with Crippen molar-refractivity contribution in [1.29, 1.82) is 0 Å². The van der Waals surface area contributed by atoms with Crippen molar-refractivity contribution < 1.29 is 47.5 Å². The molecule has 7 aromatic carbocycles. The molecule has 0 N–H and O–H groups in total. The lowest BCUT2D eigenvalue weighted by atomic mass is 9.94. The molecule has 0 amide bonds. The van der Waals surface area contributed by atoms with Gasteiger partial charge >= 0.3 is 17.9 Å². The summed E-state index contributed by atoms with van der Waals surface area (Å²) in [4.78, 5) is 40.2. The Labute approximate surface area is 450 Å². The van der Waals surface area contributed by atoms with Crippen molar-refractivity contribution >= 4 is 39.5 Å². The summed E-state index contributed by atoms with van der Waals surface area (Å²) in [6.45, 7) is 10.7. The molecule has 2 aliphatic carbocycles. The Morgan fingerprint density at radius 1 is 0.481 bits per heavy atom. The molecule has 7 aromatic rings. The highest BCUT2D eigenvalue weighted by Gasteiger charge is 2.29. The Morgan fingerprint density at radius 3 is 1.40 bits per heavy atom. The third-order valence-corrected chi connectivity index (χ3v) is 13.6. The fraction of sp³-hybridized carbons (Fsp3) is 0.269. The number of unbranched alkanes of at least 4 members (excludes halogenated alkanes) is 1. The number of ether oxygens (including phenoxy) is 7. The molecule has 4 unspecified atom stereocenters. The predicted molar refractivity (Wildman–Crippen MR) is 300 cm³/mol. The molecule has 0 radical (unpaired) electrons. The standard InChI is InChI=1S/C67H62O10/c1-4-7-40-73-67(70)59-45-58(76-65(68)50-26-20-46(21-27-50)16-18-48-24-30-54-43-56(34-32-52(54)41-48)74-63-14-10-8-12-61(63)71-38-5-2)36-37-60(59)77-66(69)51-28-22-47(23-29-51)17-19-49-25-31-55-44-57(35-33-53(55)42-49)75-64-15-11-9-13-62(64)72-39-6-3/h5-6,20-37,41-45,61-64H,2-4,7-15,38-40H2,1H3. The number of carbonyl (C=O) groups excluding carboxylic acids is 3. The molecule has 0 aliphatic heterocycles. The summed E-state index contributed by atoms with van der Waals surface area (Å²) in [5.74, 6) is 12.4. The number of hydrogen-bond acceptors (Lipinski definition) is 10. The minimum atomic E-state index is -0.721. The molecule has 0 spiro atoms. The monoisotopic (exact) mass is 1030 g/mol. The van der Waals surface area contributed by atoms with E-state index in [0.29, 0.717) is 30.8 Å². The predicted octanol–water partition coefficient (Wildman–Crippen LogP) is 14.0. The first-order valence-corrected chi connectivity index (χ1v) is 26.6. The van der Waals surface area contributed by atoms with Crippen LogP contribution in [0.1, 0.15) is 124 Å². The van der Waals surface area contributed by atoms with Gasteiger partial charge in [0.1, 0.15) is 40.8 Å². The van der Waals surface area contributed by atoms with Crippen LogP contribution in [-0.4, -0.2) is 62.1 Å². The second-order valence-electron chi connectivity index (χ2n) is 19.2. The van der Waals surface area contributed by atoms with E-state index >= 15 is 0 Å². The van der Waals surface area contributed by atoms with Crippen LogP contribution < -0.4 is 18.9 Å². The Balaban J connectivity index is 0.806. The first-order valence-electron chi connectivity index (χ1n) is 26.6. The molecule has 10 nitrogen and oxygen atoms in total. The molecule has 0 heterocycles. The van der Waals surface area contributed by atoms with Crippen LogP contribution in [0.2, 0.25) is 0 Å². The zero-order valence-corrected chi connectivity index (χ0v) is 43.4. The summed E-state index contributed by atoms with van der Waals surface area (Å²) < 4.78 is 41.8. The summed E-state index contributed by atoms with van der Waals surface area (Å²) in [6, 6.07) is 41.9. The van der Waals surface area contributed by atoms with Crippen molar-refractivity contribution in [2.75, 3.05) is 19.8 Å². The number of rotatable bonds is 18. The van der Waals surface area contributed by atoms with E-state index in [0.717, 1.165) is 102 Å². The maximum Gasteiger partial charge on any atom is 0.343 e. The molecule has 10 heteroatoms. The molecule has 2 saturated carbocycles. The van der Waals surface area contributed by atoms with E-state index in [2.05, 4.69) is 49.0 Å². The maximum atomic E-state index is 13.5. The van der Waals surface area contributed by atoms with Crippen molar-refractivity contribution in [2.24, 2.45) is 0 Å². The topological polar surface area (TPSA) is 116 Å². The summed E-state index contributed by atoms with van der Waals surface area (Å²) in [5, 5.41) is 4.18. The van der Waals surface area contributed by atoms with Gasteiger partial charge in [-0.25, -0.2) is 14.4 Å². The molecular formula is C67H62O10. The van der Waals surface area contributed by atoms with Crippen molar-refractivity contribution in [3.8, 4) is 46.7 Å². The summed E-state index contributed by atoms with van der Waals surface area (Å²) in [6.07, 6.45) is 13.6. The number of carbonyl (C=O) groups is 3. The van der Waals surface area contributed by atoms with Crippen LogP contribution in [0.3, 0.4) is 0 Å². The quantitative estimate of drug-likeness (QED) is 0.0270. The number of fused-ring (bicyclic) bond motifs is 2. The highest BCUT2D eigenvalue weighted by molar-refractivity contribution is 5.97. The Bertz CT molecular complexity index is 3370. The first kappa shape index (κ1) is 53.4. The second-order valence-corrected chi connectivity index (χ2v) is 19.2. The van der Waals surface area contributed by atoms with Crippen LogP contribution in [0.5, 0.6) is 23.0 Å². The van der Waals surface area contributed by atoms with Crippen LogP contribution in [-0.2, 0) is 14.2 Å². The fourth-order valence-electron chi connectivity index (χ4n) is 9.46. The SMILES string of the molecule is C=CCOC1CCCCC1Oc1ccc2cc(C#Cc3ccc(C(=O)Oc4ccc(OC(=O)c5ccc(C#Cc6ccc7cc(OC8CCCCC8OCC=C)ccc7c6)cc5)c(C(=O)OCCCC)c4)cc3)ccc2c1. The van der Waals surface area contributed by atoms with Crippen LogP contribution in [0, 0.1) is 23.7 Å². The van der Waals surface area contributed by atoms with Crippen LogP contribution in [0.4, 0.5) is 0 Å². The molecule has 390 valence electrons. The Morgan fingerprint density at radius 2 is 0.909 bits per heavy atom. The zero-order valence-electron chi connectivity index (χ0n) is 43.4. The van der Waals surface area contributed by atoms with Gasteiger partial charge in [0.15, 0.2) is 0 Å². The van der Waals surface area contributed by atoms with E-state index in [-0.39, 0.29) is 59.2 Å². The van der Waals surface area contributed by atoms with Gasteiger partial charge in [-0.15, -0.1) is 13.2 Å². The summed E-state index contributed by atoms with van der Waals surface area (Å²) >= 11 is 0. The molecular weight excluding hydrogens is 965 g/mol. The van der Waals surface area contributed by atoms with Gasteiger partial charge in [0.05, 0.1) is 43.2 Å². The van der Waals surface area contributed by atoms with Gasteiger partial charge in [-0.1, -0.05) is 86.3 Å². The second kappa shape index (κ2) is 26.4. The summed E-state index contributed by atoms with van der Waals surface area (Å²) in [5.41, 5.74) is 3.54. The Kier molecular flexibility index (Phi) is 18.3. The lowest BCUT2D eigenvalue weighted by molar-refractivity contribution is -0.0368. The first-order chi connectivity index (χ1) is 37.7. The molecule has 0 bridgehead atoms. The molecule has 9 rings (SSSR count). The van der Waals surface area contributed by atoms with Crippen LogP contribution in [0.15, 0.2) is 165 Å². The lowest BCUT2D eigenvalue weighted by Crippen LogP contribution is -2.37. The van der Waals surface area contributed by atoms with E-state index in [1.165, 1.54) is 18.2 Å². The van der Waals surface area contributed by atoms with E-state index < -0.39 is 17.9 Å². The van der Waals surface area contributed by atoms with Gasteiger partial charge < -0.3 is 33.2 Å². The average Bonchev–Trinajstić information content (AvgIpc) is 3.46. The van der Waals surface area contributed by atoms with Gasteiger partial charge in [0, 0.05) is 22.3 Å². The van der Waals surface area contributed by atoms with Gasteiger partial charge in [0.2, 0.25) is 0 Å². The van der Waals surface area contributed by atoms with Crippen molar-refractivity contribution in [3.63, 3.8) is 0 Å². The van der Waals surface area contributed by atoms with Crippen LogP contribution >= 0.6 is 0 Å². The van der Waals surface area contributed by atoms with Gasteiger partial charge in [-0.05, 0) is 182 Å². The van der Waals surface area contributed by atoms with E-state index in [1.54, 1.807) is 60.7 Å². The molecule has 0 saturated heterocycles. The summed E-state index contributed by atoms with van der Waals surface area (Å²) in [7, 11) is 0. The number of hydrogen-bond donors (Lipinski definition) is 0. The van der Waals surface area contributed by atoms with Gasteiger partial charge in [-0.3, -0.25) is 0 Å². The normalized spacial score (nSPS) is 16.9. The maximum absolute atomic E-state index is 13.5.